The van der Waals surface area contributed by atoms with Gasteiger partial charge in [-0.05, 0) is 31.0 Å². The van der Waals surface area contributed by atoms with Gasteiger partial charge in [0.05, 0.1) is 10.1 Å². The first kappa shape index (κ1) is 21.6. The molecular weight excluding hydrogens is 439 g/mol. The molecule has 2 aromatic rings. The zero-order chi connectivity index (χ0) is 19.5. The van der Waals surface area contributed by atoms with Crippen molar-refractivity contribution in [2.75, 3.05) is 0 Å². The fourth-order valence-electron chi connectivity index (χ4n) is 2.24. The molecule has 0 atom stereocenters. The third-order valence-electron chi connectivity index (χ3n) is 3.25. The van der Waals surface area contributed by atoms with Crippen molar-refractivity contribution < 1.29 is 16.8 Å². The number of hydrogen-bond acceptors (Lipinski definition) is 5. The van der Waals surface area contributed by atoms with E-state index in [2.05, 4.69) is 9.44 Å². The molecule has 0 aliphatic rings. The van der Waals surface area contributed by atoms with Gasteiger partial charge in [0.25, 0.3) is 0 Å². The highest BCUT2D eigenvalue weighted by molar-refractivity contribution is 7.89. The van der Waals surface area contributed by atoms with Gasteiger partial charge < -0.3 is 0 Å². The van der Waals surface area contributed by atoms with Gasteiger partial charge in [-0.25, -0.2) is 26.3 Å². The minimum atomic E-state index is -3.87. The lowest BCUT2D eigenvalue weighted by Gasteiger charge is -2.13. The first-order valence-electron chi connectivity index (χ1n) is 7.51. The molecule has 26 heavy (non-hydrogen) atoms. The van der Waals surface area contributed by atoms with E-state index in [1.807, 2.05) is 0 Å². The van der Waals surface area contributed by atoms with Gasteiger partial charge in [-0.3, -0.25) is 0 Å². The number of sulfonamides is 2. The van der Waals surface area contributed by atoms with Crippen molar-refractivity contribution in [3.8, 4) is 0 Å². The van der Waals surface area contributed by atoms with E-state index in [0.717, 1.165) is 11.3 Å². The minimum Gasteiger partial charge on any atom is -0.212 e. The molecule has 1 aromatic heterocycles. The van der Waals surface area contributed by atoms with Gasteiger partial charge in [-0.1, -0.05) is 47.5 Å². The Morgan fingerprint density at radius 3 is 2.23 bits per heavy atom. The Bertz CT molecular complexity index is 986. The maximum absolute atomic E-state index is 12.4. The molecule has 0 saturated heterocycles. The van der Waals surface area contributed by atoms with Gasteiger partial charge in [-0.2, -0.15) is 0 Å². The fourth-order valence-corrected chi connectivity index (χ4v) is 6.88. The van der Waals surface area contributed by atoms with Crippen molar-refractivity contribution in [3.05, 3.63) is 50.1 Å². The highest BCUT2D eigenvalue weighted by atomic mass is 35.5. The molecule has 0 amide bonds. The maximum Gasteiger partial charge on any atom is 0.243 e. The van der Waals surface area contributed by atoms with Gasteiger partial charge >= 0.3 is 0 Å². The van der Waals surface area contributed by atoms with E-state index in [-0.39, 0.29) is 31.9 Å². The van der Waals surface area contributed by atoms with Gasteiger partial charge in [0.2, 0.25) is 20.0 Å². The molecule has 1 heterocycles. The summed E-state index contributed by atoms with van der Waals surface area (Å²) in [6.45, 7) is 3.39. The Hall–Kier alpha value is -0.680. The Balaban J connectivity index is 2.19. The van der Waals surface area contributed by atoms with Gasteiger partial charge in [-0.15, -0.1) is 11.3 Å². The molecule has 0 fully saturated rings. The fraction of sp³-hybridized carbons (Fsp3) is 0.333. The van der Waals surface area contributed by atoms with Crippen LogP contribution in [0.2, 0.25) is 8.67 Å². The molecule has 0 spiro atoms. The van der Waals surface area contributed by atoms with E-state index >= 15 is 0 Å². The molecule has 0 unspecified atom stereocenters. The molecule has 6 nitrogen and oxygen atoms in total. The summed E-state index contributed by atoms with van der Waals surface area (Å²) in [7, 11) is -7.40. The van der Waals surface area contributed by atoms with Crippen LogP contribution in [0.4, 0.5) is 0 Å². The van der Waals surface area contributed by atoms with E-state index in [1.165, 1.54) is 6.07 Å². The second-order valence-electron chi connectivity index (χ2n) is 5.81. The van der Waals surface area contributed by atoms with Gasteiger partial charge in [0.1, 0.15) is 9.23 Å². The average molecular weight is 457 g/mol. The summed E-state index contributed by atoms with van der Waals surface area (Å²) in [6.07, 6.45) is 0. The Labute approximate surface area is 167 Å². The summed E-state index contributed by atoms with van der Waals surface area (Å²) >= 11 is 12.7. The van der Waals surface area contributed by atoms with Crippen LogP contribution in [0.15, 0.2) is 35.2 Å². The Morgan fingerprint density at radius 2 is 1.69 bits per heavy atom. The zero-order valence-corrected chi connectivity index (χ0v) is 18.0. The van der Waals surface area contributed by atoms with Crippen molar-refractivity contribution >= 4 is 54.6 Å². The molecular formula is C15H18Cl2N2O4S3. The molecule has 144 valence electrons. The largest absolute Gasteiger partial charge is 0.243 e. The molecule has 0 aliphatic heterocycles. The van der Waals surface area contributed by atoms with Crippen molar-refractivity contribution in [1.29, 1.82) is 0 Å². The van der Waals surface area contributed by atoms with Crippen molar-refractivity contribution in [2.45, 2.75) is 37.1 Å². The topological polar surface area (TPSA) is 92.3 Å². The van der Waals surface area contributed by atoms with Crippen LogP contribution in [-0.2, 0) is 32.3 Å². The first-order valence-corrected chi connectivity index (χ1v) is 12.2. The quantitative estimate of drug-likeness (QED) is 0.636. The lowest BCUT2D eigenvalue weighted by molar-refractivity contribution is 0.568. The first-order chi connectivity index (χ1) is 12.0. The maximum atomic E-state index is 12.4. The van der Waals surface area contributed by atoms with Crippen LogP contribution < -0.4 is 9.44 Å². The molecule has 0 aliphatic carbocycles. The molecule has 2 rings (SSSR count). The van der Waals surface area contributed by atoms with Gasteiger partial charge in [0, 0.05) is 12.6 Å². The molecule has 0 saturated carbocycles. The number of benzene rings is 1. The monoisotopic (exact) mass is 456 g/mol. The van der Waals surface area contributed by atoms with Gasteiger partial charge in [0.15, 0.2) is 0 Å². The summed E-state index contributed by atoms with van der Waals surface area (Å²) in [4.78, 5) is -0.0965. The summed E-state index contributed by atoms with van der Waals surface area (Å²) in [6, 6.07) is 7.79. The third kappa shape index (κ3) is 5.91. The predicted molar refractivity (Wildman–Crippen MR) is 106 cm³/mol. The minimum absolute atomic E-state index is 0.0690. The molecule has 2 N–H and O–H groups in total. The molecule has 1 aromatic carbocycles. The van der Waals surface area contributed by atoms with E-state index in [4.69, 9.17) is 23.2 Å². The van der Waals surface area contributed by atoms with Crippen LogP contribution >= 0.6 is 34.5 Å². The van der Waals surface area contributed by atoms with Crippen LogP contribution in [0.3, 0.4) is 0 Å². The zero-order valence-electron chi connectivity index (χ0n) is 14.0. The summed E-state index contributed by atoms with van der Waals surface area (Å²) < 4.78 is 54.4. The lowest BCUT2D eigenvalue weighted by atomic mass is 10.1. The Kier molecular flexibility index (Phi) is 7.11. The lowest BCUT2D eigenvalue weighted by Crippen LogP contribution is -2.31. The van der Waals surface area contributed by atoms with Crippen molar-refractivity contribution in [3.63, 3.8) is 0 Å². The smallest absolute Gasteiger partial charge is 0.212 e. The number of thiophene rings is 1. The number of hydrogen-bond donors (Lipinski definition) is 2. The van der Waals surface area contributed by atoms with Crippen LogP contribution in [-0.4, -0.2) is 22.9 Å². The second kappa shape index (κ2) is 8.55. The summed E-state index contributed by atoms with van der Waals surface area (Å²) in [5.74, 6) is -0.242. The predicted octanol–water partition coefficient (Wildman–Crippen LogP) is 3.36. The van der Waals surface area contributed by atoms with E-state index in [1.54, 1.807) is 38.1 Å². The molecule has 0 radical (unpaired) electrons. The van der Waals surface area contributed by atoms with Crippen molar-refractivity contribution in [1.82, 2.24) is 9.44 Å². The van der Waals surface area contributed by atoms with Crippen LogP contribution in [0.1, 0.15) is 25.0 Å². The van der Waals surface area contributed by atoms with Crippen LogP contribution in [0, 0.1) is 0 Å². The molecule has 0 bridgehead atoms. The second-order valence-corrected chi connectivity index (χ2v) is 11.6. The SMILES string of the molecule is CC(C)NS(=O)(=O)Cc1ccccc1CNS(=O)(=O)c1cc(Cl)sc1Cl. The van der Waals surface area contributed by atoms with E-state index in [9.17, 15) is 16.8 Å². The number of nitrogens with one attached hydrogen (secondary N) is 2. The highest BCUT2D eigenvalue weighted by Crippen LogP contribution is 2.34. The van der Waals surface area contributed by atoms with Crippen LogP contribution in [0.5, 0.6) is 0 Å². The average Bonchev–Trinajstić information content (AvgIpc) is 2.84. The van der Waals surface area contributed by atoms with E-state index in [0.29, 0.717) is 11.1 Å². The Morgan fingerprint density at radius 1 is 1.08 bits per heavy atom. The standard InChI is InChI=1S/C15H18Cl2N2O4S3/c1-10(2)19-25(20,21)9-12-6-4-3-5-11(12)8-18-26(22,23)13-7-14(16)24-15(13)17/h3-7,10,18-19H,8-9H2,1-2H3. The van der Waals surface area contributed by atoms with E-state index < -0.39 is 20.0 Å². The number of rotatable bonds is 8. The summed E-state index contributed by atoms with van der Waals surface area (Å²) in [5, 5.41) is 0. The third-order valence-corrected chi connectivity index (χ3v) is 7.92. The van der Waals surface area contributed by atoms with Crippen molar-refractivity contribution in [2.24, 2.45) is 0 Å². The van der Waals surface area contributed by atoms with Crippen LogP contribution in [0.25, 0.3) is 0 Å². The highest BCUT2D eigenvalue weighted by Gasteiger charge is 2.22. The number of halogens is 2. The summed E-state index contributed by atoms with van der Waals surface area (Å²) in [5.41, 5.74) is 1.07. The molecule has 11 heteroatoms. The normalized spacial score (nSPS) is 12.7.